The minimum atomic E-state index is -0.402. The molecule has 0 radical (unpaired) electrons. The van der Waals surface area contributed by atoms with Gasteiger partial charge in [-0.25, -0.2) is 0 Å². The highest BCUT2D eigenvalue weighted by atomic mass is 16.5. The Labute approximate surface area is 108 Å². The number of rotatable bonds is 1. The number of nitrogens with one attached hydrogen (secondary N) is 1. The highest BCUT2D eigenvalue weighted by Crippen LogP contribution is 2.28. The molecule has 2 heterocycles. The third-order valence-corrected chi connectivity index (χ3v) is 3.41. The zero-order chi connectivity index (χ0) is 13.6. The normalized spacial score (nSPS) is 34.6. The van der Waals surface area contributed by atoms with E-state index < -0.39 is 6.10 Å². The molecule has 0 saturated carbocycles. The number of ether oxygens (including phenoxy) is 1. The lowest BCUT2D eigenvalue weighted by molar-refractivity contribution is -0.188. The van der Waals surface area contributed by atoms with E-state index in [-0.39, 0.29) is 23.2 Å². The fourth-order valence-electron chi connectivity index (χ4n) is 3.07. The molecule has 0 aromatic carbocycles. The monoisotopic (exact) mass is 256 g/mol. The topological polar surface area (TPSA) is 61.8 Å². The number of carbonyl (C=O) groups is 1. The summed E-state index contributed by atoms with van der Waals surface area (Å²) in [6.07, 6.45) is 0.109. The fourth-order valence-corrected chi connectivity index (χ4v) is 3.07. The van der Waals surface area contributed by atoms with Crippen LogP contribution in [0.5, 0.6) is 0 Å². The molecule has 0 bridgehead atoms. The van der Waals surface area contributed by atoms with Crippen molar-refractivity contribution in [3.05, 3.63) is 0 Å². The predicted molar refractivity (Wildman–Crippen MR) is 68.2 cm³/mol. The Morgan fingerprint density at radius 1 is 1.28 bits per heavy atom. The summed E-state index contributed by atoms with van der Waals surface area (Å²) in [5.41, 5.74) is -0.650. The van der Waals surface area contributed by atoms with Crippen molar-refractivity contribution in [1.29, 1.82) is 0 Å². The molecule has 104 valence electrons. The maximum atomic E-state index is 12.4. The zero-order valence-corrected chi connectivity index (χ0v) is 11.7. The van der Waals surface area contributed by atoms with Crippen LogP contribution in [0.2, 0.25) is 0 Å². The summed E-state index contributed by atoms with van der Waals surface area (Å²) < 4.78 is 5.96. The van der Waals surface area contributed by atoms with Gasteiger partial charge < -0.3 is 20.1 Å². The number of nitrogens with zero attached hydrogens (tertiary/aromatic N) is 1. The molecular formula is C13H24N2O3. The molecule has 0 spiro atoms. The molecule has 2 rings (SSSR count). The molecule has 2 saturated heterocycles. The maximum Gasteiger partial charge on any atom is 0.240 e. The molecule has 1 amide bonds. The number of aliphatic hydroxyl groups is 1. The van der Waals surface area contributed by atoms with Crippen molar-refractivity contribution in [3.63, 3.8) is 0 Å². The first kappa shape index (κ1) is 13.8. The van der Waals surface area contributed by atoms with Crippen LogP contribution < -0.4 is 5.32 Å². The van der Waals surface area contributed by atoms with Crippen LogP contribution >= 0.6 is 0 Å². The number of hydrogen-bond acceptors (Lipinski definition) is 4. The molecule has 2 aliphatic heterocycles. The van der Waals surface area contributed by atoms with Gasteiger partial charge in [0, 0.05) is 19.6 Å². The van der Waals surface area contributed by atoms with E-state index in [0.29, 0.717) is 26.1 Å². The van der Waals surface area contributed by atoms with Gasteiger partial charge in [0.15, 0.2) is 0 Å². The molecule has 2 fully saturated rings. The van der Waals surface area contributed by atoms with Crippen LogP contribution in [-0.4, -0.2) is 58.9 Å². The molecule has 2 N–H and O–H groups in total. The summed E-state index contributed by atoms with van der Waals surface area (Å²) in [6.45, 7) is 9.73. The number of amides is 1. The Kier molecular flexibility index (Phi) is 3.42. The molecule has 5 nitrogen and oxygen atoms in total. The average molecular weight is 256 g/mol. The van der Waals surface area contributed by atoms with Gasteiger partial charge in [0.2, 0.25) is 5.91 Å². The summed E-state index contributed by atoms with van der Waals surface area (Å²) in [5.74, 6) is 0.0796. The third kappa shape index (κ3) is 3.02. The van der Waals surface area contributed by atoms with E-state index in [4.69, 9.17) is 4.74 Å². The summed E-state index contributed by atoms with van der Waals surface area (Å²) in [4.78, 5) is 14.3. The van der Waals surface area contributed by atoms with Crippen molar-refractivity contribution in [1.82, 2.24) is 10.2 Å². The summed E-state index contributed by atoms with van der Waals surface area (Å²) in [5, 5.41) is 12.6. The zero-order valence-electron chi connectivity index (χ0n) is 11.7. The van der Waals surface area contributed by atoms with Crippen LogP contribution in [-0.2, 0) is 9.53 Å². The van der Waals surface area contributed by atoms with Gasteiger partial charge in [-0.3, -0.25) is 4.79 Å². The van der Waals surface area contributed by atoms with Crippen molar-refractivity contribution in [3.8, 4) is 0 Å². The largest absolute Gasteiger partial charge is 0.392 e. The van der Waals surface area contributed by atoms with Crippen LogP contribution in [0.4, 0.5) is 0 Å². The third-order valence-electron chi connectivity index (χ3n) is 3.41. The Bertz CT molecular complexity index is 325. The smallest absolute Gasteiger partial charge is 0.240 e. The molecule has 2 aliphatic rings. The molecule has 2 unspecified atom stereocenters. The van der Waals surface area contributed by atoms with Gasteiger partial charge in [-0.15, -0.1) is 0 Å². The van der Waals surface area contributed by atoms with Crippen LogP contribution in [0.1, 0.15) is 34.1 Å². The fraction of sp³-hybridized carbons (Fsp3) is 0.923. The number of morpholine rings is 1. The Morgan fingerprint density at radius 2 is 1.83 bits per heavy atom. The van der Waals surface area contributed by atoms with Crippen LogP contribution in [0.25, 0.3) is 0 Å². The number of hydrogen-bond donors (Lipinski definition) is 2. The standard InChI is InChI=1S/C13H24N2O3/c1-12(2)7-15(8-13(3,4)18-12)11(17)10-5-9(16)6-14-10/h9-10,14,16H,5-8H2,1-4H3. The van der Waals surface area contributed by atoms with Crippen molar-refractivity contribution in [2.24, 2.45) is 0 Å². The highest BCUT2D eigenvalue weighted by molar-refractivity contribution is 5.82. The second-order valence-electron chi connectivity index (χ2n) is 6.67. The molecule has 18 heavy (non-hydrogen) atoms. The van der Waals surface area contributed by atoms with E-state index in [1.165, 1.54) is 0 Å². The summed E-state index contributed by atoms with van der Waals surface area (Å²) in [7, 11) is 0. The van der Waals surface area contributed by atoms with Crippen LogP contribution in [0, 0.1) is 0 Å². The number of β-amino-alcohol motifs (C(OH)–C–C–N with tert-alkyl or cyclic N) is 1. The molecule has 0 aromatic heterocycles. The first-order chi connectivity index (χ1) is 8.19. The van der Waals surface area contributed by atoms with Crippen molar-refractivity contribution in [2.45, 2.75) is 57.5 Å². The second kappa shape index (κ2) is 4.47. The Morgan fingerprint density at radius 3 is 2.28 bits per heavy atom. The average Bonchev–Trinajstić information content (AvgIpc) is 2.58. The lowest BCUT2D eigenvalue weighted by Gasteiger charge is -2.47. The minimum Gasteiger partial charge on any atom is -0.392 e. The minimum absolute atomic E-state index is 0.0796. The first-order valence-electron chi connectivity index (χ1n) is 6.59. The summed E-state index contributed by atoms with van der Waals surface area (Å²) in [6, 6.07) is -0.246. The molecule has 0 aliphatic carbocycles. The molecule has 0 aromatic rings. The molecule has 5 heteroatoms. The van der Waals surface area contributed by atoms with E-state index in [2.05, 4.69) is 5.32 Å². The number of aliphatic hydroxyl groups excluding tert-OH is 1. The van der Waals surface area contributed by atoms with E-state index in [1.54, 1.807) is 0 Å². The van der Waals surface area contributed by atoms with Crippen LogP contribution in [0.15, 0.2) is 0 Å². The van der Waals surface area contributed by atoms with Crippen molar-refractivity contribution in [2.75, 3.05) is 19.6 Å². The van der Waals surface area contributed by atoms with E-state index in [1.807, 2.05) is 32.6 Å². The van der Waals surface area contributed by atoms with Crippen molar-refractivity contribution >= 4 is 5.91 Å². The van der Waals surface area contributed by atoms with E-state index in [0.717, 1.165) is 0 Å². The van der Waals surface area contributed by atoms with Crippen molar-refractivity contribution < 1.29 is 14.6 Å². The Hall–Kier alpha value is -0.650. The van der Waals surface area contributed by atoms with Gasteiger partial charge >= 0.3 is 0 Å². The van der Waals surface area contributed by atoms with Crippen LogP contribution in [0.3, 0.4) is 0 Å². The van der Waals surface area contributed by atoms with Gasteiger partial charge in [0.25, 0.3) is 0 Å². The van der Waals surface area contributed by atoms with E-state index in [9.17, 15) is 9.90 Å². The van der Waals surface area contributed by atoms with Gasteiger partial charge in [-0.2, -0.15) is 0 Å². The molecule has 2 atom stereocenters. The lowest BCUT2D eigenvalue weighted by Crippen LogP contribution is -2.61. The van der Waals surface area contributed by atoms with E-state index >= 15 is 0 Å². The highest BCUT2D eigenvalue weighted by Gasteiger charge is 2.42. The number of carbonyl (C=O) groups excluding carboxylic acids is 1. The second-order valence-corrected chi connectivity index (χ2v) is 6.67. The SMILES string of the molecule is CC1(C)CN(C(=O)C2CC(O)CN2)CC(C)(C)O1. The van der Waals surface area contributed by atoms with Gasteiger partial charge in [0.05, 0.1) is 23.3 Å². The Balaban J connectivity index is 2.06. The lowest BCUT2D eigenvalue weighted by atomic mass is 9.98. The maximum absolute atomic E-state index is 12.4. The predicted octanol–water partition coefficient (Wildman–Crippen LogP) is 0.125. The van der Waals surface area contributed by atoms with Gasteiger partial charge in [-0.1, -0.05) is 0 Å². The van der Waals surface area contributed by atoms with Gasteiger partial charge in [0.1, 0.15) is 0 Å². The van der Waals surface area contributed by atoms with Gasteiger partial charge in [-0.05, 0) is 34.1 Å². The first-order valence-corrected chi connectivity index (χ1v) is 6.59. The molecular weight excluding hydrogens is 232 g/mol. The quantitative estimate of drug-likeness (QED) is 0.700. The summed E-state index contributed by atoms with van der Waals surface area (Å²) >= 11 is 0.